The summed E-state index contributed by atoms with van der Waals surface area (Å²) in [5.41, 5.74) is 1.22. The van der Waals surface area contributed by atoms with Crippen molar-refractivity contribution in [3.63, 3.8) is 0 Å². The first-order valence-electron chi connectivity index (χ1n) is 8.51. The highest BCUT2D eigenvalue weighted by atomic mass is 32.1. The third-order valence-corrected chi connectivity index (χ3v) is 5.82. The van der Waals surface area contributed by atoms with Crippen molar-refractivity contribution in [3.05, 3.63) is 26.6 Å². The smallest absolute Gasteiger partial charge is 0.260 e. The van der Waals surface area contributed by atoms with E-state index in [1.807, 2.05) is 0 Å². The van der Waals surface area contributed by atoms with Gasteiger partial charge in [-0.3, -0.25) is 4.79 Å². The third kappa shape index (κ3) is 3.65. The van der Waals surface area contributed by atoms with Crippen LogP contribution in [0.3, 0.4) is 0 Å². The van der Waals surface area contributed by atoms with Crippen LogP contribution in [0.2, 0.25) is 0 Å². The molecule has 0 radical (unpaired) electrons. The van der Waals surface area contributed by atoms with E-state index in [9.17, 15) is 4.79 Å². The molecular formula is C17H26N3O2S+. The molecule has 0 unspecified atom stereocenters. The van der Waals surface area contributed by atoms with Gasteiger partial charge in [-0.25, -0.2) is 4.98 Å². The van der Waals surface area contributed by atoms with Gasteiger partial charge < -0.3 is 14.6 Å². The van der Waals surface area contributed by atoms with Crippen molar-refractivity contribution in [2.45, 2.75) is 40.2 Å². The summed E-state index contributed by atoms with van der Waals surface area (Å²) in [5.74, 6) is 1.39. The highest BCUT2D eigenvalue weighted by Gasteiger charge is 2.19. The van der Waals surface area contributed by atoms with Crippen LogP contribution in [-0.2, 0) is 17.7 Å². The van der Waals surface area contributed by atoms with Crippen LogP contribution in [0.4, 0.5) is 0 Å². The fourth-order valence-electron chi connectivity index (χ4n) is 3.12. The Balaban J connectivity index is 1.91. The van der Waals surface area contributed by atoms with Gasteiger partial charge in [0.1, 0.15) is 24.5 Å². The second kappa shape index (κ2) is 7.11. The van der Waals surface area contributed by atoms with Gasteiger partial charge in [-0.15, -0.1) is 11.3 Å². The zero-order chi connectivity index (χ0) is 16.4. The SMILES string of the molecule is CC[C@H](C)Cc1c(C)sc2nc(C[NH+]3CCOCC3)[nH]c(=O)c12. The molecule has 126 valence electrons. The molecule has 0 bridgehead atoms. The van der Waals surface area contributed by atoms with Gasteiger partial charge in [-0.2, -0.15) is 0 Å². The Labute approximate surface area is 140 Å². The first-order chi connectivity index (χ1) is 11.1. The van der Waals surface area contributed by atoms with Gasteiger partial charge in [0.15, 0.2) is 5.82 Å². The molecule has 2 aromatic rings. The van der Waals surface area contributed by atoms with Crippen molar-refractivity contribution >= 4 is 21.6 Å². The minimum absolute atomic E-state index is 0.0281. The first kappa shape index (κ1) is 16.6. The van der Waals surface area contributed by atoms with E-state index in [4.69, 9.17) is 9.72 Å². The lowest BCUT2D eigenvalue weighted by Crippen LogP contribution is -3.12. The Morgan fingerprint density at radius 1 is 1.39 bits per heavy atom. The summed E-state index contributed by atoms with van der Waals surface area (Å²) in [6.45, 7) is 10.8. The summed E-state index contributed by atoms with van der Waals surface area (Å²) in [5, 5.41) is 0.813. The standard InChI is InChI=1S/C17H25N3O2S/c1-4-11(2)9-13-12(3)23-17-15(13)16(21)18-14(19-17)10-20-5-7-22-8-6-20/h11H,4-10H2,1-3H3,(H,18,19,21)/p+1/t11-/m0/s1. The monoisotopic (exact) mass is 336 g/mol. The van der Waals surface area contributed by atoms with Gasteiger partial charge in [0.25, 0.3) is 5.56 Å². The molecule has 3 heterocycles. The van der Waals surface area contributed by atoms with Gasteiger partial charge in [0, 0.05) is 4.88 Å². The Hall–Kier alpha value is -1.24. The molecule has 0 aliphatic carbocycles. The molecule has 1 atom stereocenters. The molecule has 23 heavy (non-hydrogen) atoms. The van der Waals surface area contributed by atoms with E-state index in [-0.39, 0.29) is 5.56 Å². The Morgan fingerprint density at radius 3 is 2.83 bits per heavy atom. The van der Waals surface area contributed by atoms with Gasteiger partial charge >= 0.3 is 0 Å². The largest absolute Gasteiger partial charge is 0.370 e. The second-order valence-electron chi connectivity index (χ2n) is 6.59. The van der Waals surface area contributed by atoms with Crippen molar-refractivity contribution in [2.75, 3.05) is 26.3 Å². The molecule has 2 aromatic heterocycles. The average molecular weight is 336 g/mol. The Kier molecular flexibility index (Phi) is 5.14. The molecule has 2 N–H and O–H groups in total. The van der Waals surface area contributed by atoms with E-state index >= 15 is 0 Å². The number of ether oxygens (including phenoxy) is 1. The third-order valence-electron chi connectivity index (χ3n) is 4.78. The number of fused-ring (bicyclic) bond motifs is 1. The van der Waals surface area contributed by atoms with Crippen molar-refractivity contribution in [3.8, 4) is 0 Å². The molecule has 0 spiro atoms. The lowest BCUT2D eigenvalue weighted by molar-refractivity contribution is -0.922. The van der Waals surface area contributed by atoms with Crippen LogP contribution in [-0.4, -0.2) is 36.3 Å². The number of nitrogens with one attached hydrogen (secondary N) is 2. The van der Waals surface area contributed by atoms with Crippen molar-refractivity contribution in [2.24, 2.45) is 5.92 Å². The topological polar surface area (TPSA) is 59.4 Å². The number of aryl methyl sites for hydroxylation is 1. The summed E-state index contributed by atoms with van der Waals surface area (Å²) >= 11 is 1.66. The first-order valence-corrected chi connectivity index (χ1v) is 9.32. The van der Waals surface area contributed by atoms with Crippen molar-refractivity contribution in [1.29, 1.82) is 0 Å². The number of H-pyrrole nitrogens is 1. The summed E-state index contributed by atoms with van der Waals surface area (Å²) in [6.07, 6.45) is 2.09. The minimum Gasteiger partial charge on any atom is -0.370 e. The highest BCUT2D eigenvalue weighted by molar-refractivity contribution is 7.18. The maximum absolute atomic E-state index is 12.6. The van der Waals surface area contributed by atoms with Crippen LogP contribution in [0.15, 0.2) is 4.79 Å². The van der Waals surface area contributed by atoms with Crippen LogP contribution in [0.25, 0.3) is 10.2 Å². The van der Waals surface area contributed by atoms with Crippen molar-refractivity contribution < 1.29 is 9.64 Å². The number of quaternary nitrogens is 1. The summed E-state index contributed by atoms with van der Waals surface area (Å²) in [6, 6.07) is 0. The zero-order valence-corrected chi connectivity index (χ0v) is 15.0. The number of aromatic amines is 1. The number of hydrogen-bond acceptors (Lipinski definition) is 4. The number of nitrogens with zero attached hydrogens (tertiary/aromatic N) is 1. The molecule has 5 nitrogen and oxygen atoms in total. The van der Waals surface area contributed by atoms with E-state index in [0.717, 1.165) is 61.7 Å². The van der Waals surface area contributed by atoms with Crippen molar-refractivity contribution in [1.82, 2.24) is 9.97 Å². The lowest BCUT2D eigenvalue weighted by Gasteiger charge is -2.23. The number of hydrogen-bond donors (Lipinski definition) is 2. The molecule has 0 saturated carbocycles. The Bertz CT molecular complexity index is 731. The summed E-state index contributed by atoms with van der Waals surface area (Å²) in [4.78, 5) is 23.9. The van der Waals surface area contributed by atoms with Gasteiger partial charge in [-0.05, 0) is 24.8 Å². The van der Waals surface area contributed by atoms with E-state index in [1.54, 1.807) is 11.3 Å². The van der Waals surface area contributed by atoms with Crippen LogP contribution < -0.4 is 10.5 Å². The minimum atomic E-state index is 0.0281. The molecule has 1 fully saturated rings. The second-order valence-corrected chi connectivity index (χ2v) is 7.79. The maximum atomic E-state index is 12.6. The molecular weight excluding hydrogens is 310 g/mol. The predicted octanol–water partition coefficient (Wildman–Crippen LogP) is 1.30. The van der Waals surface area contributed by atoms with Crippen LogP contribution in [0, 0.1) is 12.8 Å². The molecule has 6 heteroatoms. The fraction of sp³-hybridized carbons (Fsp3) is 0.647. The predicted molar refractivity (Wildman–Crippen MR) is 93.4 cm³/mol. The van der Waals surface area contributed by atoms with E-state index in [1.165, 1.54) is 15.3 Å². The summed E-state index contributed by atoms with van der Waals surface area (Å²) in [7, 11) is 0. The quantitative estimate of drug-likeness (QED) is 0.865. The van der Waals surface area contributed by atoms with E-state index in [2.05, 4.69) is 25.8 Å². The van der Waals surface area contributed by atoms with Gasteiger partial charge in [0.2, 0.25) is 0 Å². The Morgan fingerprint density at radius 2 is 2.13 bits per heavy atom. The zero-order valence-electron chi connectivity index (χ0n) is 14.2. The van der Waals surface area contributed by atoms with Crippen LogP contribution in [0.1, 0.15) is 36.5 Å². The number of aromatic nitrogens is 2. The number of morpholine rings is 1. The summed E-state index contributed by atoms with van der Waals surface area (Å²) < 4.78 is 5.39. The molecule has 1 saturated heterocycles. The van der Waals surface area contributed by atoms with E-state index in [0.29, 0.717) is 5.92 Å². The molecule has 3 rings (SSSR count). The van der Waals surface area contributed by atoms with Gasteiger partial charge in [0.05, 0.1) is 18.6 Å². The fourth-order valence-corrected chi connectivity index (χ4v) is 4.19. The molecule has 1 aliphatic rings. The normalized spacial score (nSPS) is 17.7. The van der Waals surface area contributed by atoms with Crippen LogP contribution >= 0.6 is 11.3 Å². The van der Waals surface area contributed by atoms with Crippen LogP contribution in [0.5, 0.6) is 0 Å². The maximum Gasteiger partial charge on any atom is 0.260 e. The average Bonchev–Trinajstić information content (AvgIpc) is 2.84. The number of rotatable bonds is 5. The van der Waals surface area contributed by atoms with E-state index < -0.39 is 0 Å². The molecule has 1 aliphatic heterocycles. The lowest BCUT2D eigenvalue weighted by atomic mass is 9.98. The number of thiophene rings is 1. The van der Waals surface area contributed by atoms with Gasteiger partial charge in [-0.1, -0.05) is 20.3 Å². The highest BCUT2D eigenvalue weighted by Crippen LogP contribution is 2.29. The molecule has 0 aromatic carbocycles. The molecule has 0 amide bonds.